The number of rotatable bonds is 12. The van der Waals surface area contributed by atoms with Crippen molar-refractivity contribution in [1.29, 1.82) is 5.41 Å². The van der Waals surface area contributed by atoms with Crippen LogP contribution in [-0.4, -0.2) is 126 Å². The number of hydrogen-bond donors (Lipinski definition) is 1. The summed E-state index contributed by atoms with van der Waals surface area (Å²) in [7, 11) is 0. The minimum atomic E-state index is -2.45. The molecule has 22 heteroatoms. The molecule has 0 saturated carbocycles. The van der Waals surface area contributed by atoms with Crippen LogP contribution in [0.2, 0.25) is 0 Å². The van der Waals surface area contributed by atoms with Gasteiger partial charge in [-0.15, -0.1) is 0 Å². The highest BCUT2D eigenvalue weighted by Gasteiger charge is 2.58. The predicted molar refractivity (Wildman–Crippen MR) is 162 cm³/mol. The summed E-state index contributed by atoms with van der Waals surface area (Å²) in [5.74, 6) is -7.37. The molecule has 19 nitrogen and oxygen atoms in total. The second-order valence-corrected chi connectivity index (χ2v) is 12.9. The molecular formula is C28H36Cl3NO18. The molecule has 2 rings (SSSR count). The van der Waals surface area contributed by atoms with Gasteiger partial charge in [0.25, 0.3) is 3.79 Å². The van der Waals surface area contributed by atoms with Gasteiger partial charge in [0.2, 0.25) is 18.3 Å². The van der Waals surface area contributed by atoms with Crippen molar-refractivity contribution in [1.82, 2.24) is 0 Å². The Hall–Kier alpha value is -3.49. The van der Waals surface area contributed by atoms with Gasteiger partial charge in [-0.25, -0.2) is 0 Å². The minimum Gasteiger partial charge on any atom is -0.463 e. The Balaban J connectivity index is 2.77. The number of hydrogen-bond acceptors (Lipinski definition) is 19. The lowest BCUT2D eigenvalue weighted by molar-refractivity contribution is -0.355. The molecule has 0 aromatic rings. The summed E-state index contributed by atoms with van der Waals surface area (Å²) in [6, 6.07) is 0. The fourth-order valence-electron chi connectivity index (χ4n) is 4.75. The van der Waals surface area contributed by atoms with Crippen molar-refractivity contribution >= 4 is 82.5 Å². The fraction of sp³-hybridized carbons (Fsp3) is 0.714. The summed E-state index contributed by atoms with van der Waals surface area (Å²) in [5.41, 5.74) is 0. The summed E-state index contributed by atoms with van der Waals surface area (Å²) in [4.78, 5) is 84.9. The molecule has 2 saturated heterocycles. The van der Waals surface area contributed by atoms with Gasteiger partial charge in [0.15, 0.2) is 30.7 Å². The van der Waals surface area contributed by atoms with Crippen molar-refractivity contribution in [3.05, 3.63) is 0 Å². The molecule has 1 N–H and O–H groups in total. The zero-order valence-electron chi connectivity index (χ0n) is 27.7. The molecule has 0 aromatic carbocycles. The van der Waals surface area contributed by atoms with Gasteiger partial charge in [0.05, 0.1) is 0 Å². The van der Waals surface area contributed by atoms with Crippen LogP contribution in [0.4, 0.5) is 0 Å². The Bertz CT molecular complexity index is 1310. The number of alkyl halides is 3. The topological polar surface area (TPSA) is 245 Å². The SMILES string of the molecule is CC(=O)OC[C@H]1O[C@@H](O[C@H]2[C@H](OC(C)=O)[C@@H](OC(C)=O)[C@@H](OC(=N)C(Cl)(Cl)Cl)O[C@@H]2COC(C)=O)[C@H](OC(C)=O)[C@@H](OC(C)=O)[C@H]1OC(C)=O. The second-order valence-electron chi connectivity index (χ2n) is 10.6. The van der Waals surface area contributed by atoms with Crippen LogP contribution in [0.25, 0.3) is 0 Å². The fourth-order valence-corrected chi connectivity index (χ4v) is 4.88. The molecule has 0 spiro atoms. The van der Waals surface area contributed by atoms with E-state index in [1.807, 2.05) is 0 Å². The third-order valence-electron chi connectivity index (χ3n) is 6.38. The van der Waals surface area contributed by atoms with Crippen LogP contribution in [0.1, 0.15) is 48.5 Å². The van der Waals surface area contributed by atoms with E-state index >= 15 is 0 Å². The molecule has 2 fully saturated rings. The van der Waals surface area contributed by atoms with Crippen LogP contribution in [0.15, 0.2) is 0 Å². The zero-order valence-corrected chi connectivity index (χ0v) is 29.9. The van der Waals surface area contributed by atoms with E-state index in [9.17, 15) is 33.6 Å². The first-order valence-electron chi connectivity index (χ1n) is 14.5. The minimum absolute atomic E-state index is 0.617. The van der Waals surface area contributed by atoms with Crippen molar-refractivity contribution in [3.8, 4) is 0 Å². The number of ether oxygens (including phenoxy) is 11. The van der Waals surface area contributed by atoms with Gasteiger partial charge in [0.1, 0.15) is 31.5 Å². The number of carbonyl (C=O) groups is 7. The van der Waals surface area contributed by atoms with E-state index in [-0.39, 0.29) is 0 Å². The predicted octanol–water partition coefficient (Wildman–Crippen LogP) is 0.970. The maximum atomic E-state index is 12.4. The highest BCUT2D eigenvalue weighted by molar-refractivity contribution is 6.76. The highest BCUT2D eigenvalue weighted by atomic mass is 35.6. The van der Waals surface area contributed by atoms with Gasteiger partial charge in [0, 0.05) is 48.5 Å². The highest BCUT2D eigenvalue weighted by Crippen LogP contribution is 2.37. The normalized spacial score (nSPS) is 29.3. The molecule has 0 bridgehead atoms. The summed E-state index contributed by atoms with van der Waals surface area (Å²) >= 11 is 17.3. The molecule has 0 radical (unpaired) electrons. The van der Waals surface area contributed by atoms with E-state index in [1.54, 1.807) is 0 Å². The summed E-state index contributed by atoms with van der Waals surface area (Å²) < 4.78 is 58.1. The van der Waals surface area contributed by atoms with Crippen molar-refractivity contribution in [2.75, 3.05) is 13.2 Å². The summed E-state index contributed by atoms with van der Waals surface area (Å²) in [6.07, 6.45) is -17.0. The van der Waals surface area contributed by atoms with Gasteiger partial charge < -0.3 is 52.1 Å². The maximum absolute atomic E-state index is 12.4. The molecule has 0 aromatic heterocycles. The first kappa shape index (κ1) is 42.7. The molecule has 50 heavy (non-hydrogen) atoms. The van der Waals surface area contributed by atoms with E-state index in [0.29, 0.717) is 0 Å². The van der Waals surface area contributed by atoms with Crippen molar-refractivity contribution < 1.29 is 85.7 Å². The molecule has 10 atom stereocenters. The van der Waals surface area contributed by atoms with Crippen LogP contribution in [0.5, 0.6) is 0 Å². The molecule has 282 valence electrons. The van der Waals surface area contributed by atoms with Crippen LogP contribution < -0.4 is 0 Å². The number of nitrogens with one attached hydrogen (secondary N) is 1. The zero-order chi connectivity index (χ0) is 38.1. The lowest BCUT2D eigenvalue weighted by Gasteiger charge is -2.48. The van der Waals surface area contributed by atoms with Crippen LogP contribution in [0.3, 0.4) is 0 Å². The first-order valence-corrected chi connectivity index (χ1v) is 15.7. The average molecular weight is 781 g/mol. The van der Waals surface area contributed by atoms with Crippen molar-refractivity contribution in [2.45, 2.75) is 114 Å². The standard InChI is InChI=1S/C28H36Cl3NO18/c1-10(33)40-8-17-19(42-12(3)35)21(43-13(4)36)23(45-15(6)38)25(47-17)49-20-18(9-41-11(2)34)48-26(50-27(32)28(29,30)31)24(46-16(7)39)22(20)44-14(5)37/h17-26,32H,8-9H2,1-7H3/t17-,18-,19+,20-,21+,22+,23-,24-,25+,26-/m1/s1. The molecule has 2 heterocycles. The molecule has 2 aliphatic rings. The first-order chi connectivity index (χ1) is 23.1. The van der Waals surface area contributed by atoms with Gasteiger partial charge in [-0.2, -0.15) is 0 Å². The van der Waals surface area contributed by atoms with E-state index in [1.165, 1.54) is 0 Å². The third kappa shape index (κ3) is 13.0. The molecule has 0 aliphatic carbocycles. The van der Waals surface area contributed by atoms with E-state index in [4.69, 9.17) is 92.3 Å². The smallest absolute Gasteiger partial charge is 0.303 e. The quantitative estimate of drug-likeness (QED) is 0.0953. The largest absolute Gasteiger partial charge is 0.463 e. The lowest BCUT2D eigenvalue weighted by atomic mass is 9.96. The second kappa shape index (κ2) is 18.7. The number of halogens is 3. The Morgan fingerprint density at radius 2 is 0.840 bits per heavy atom. The van der Waals surface area contributed by atoms with Crippen molar-refractivity contribution in [2.24, 2.45) is 0 Å². The number of esters is 7. The maximum Gasteiger partial charge on any atom is 0.303 e. The van der Waals surface area contributed by atoms with Crippen LogP contribution in [-0.2, 0) is 85.7 Å². The van der Waals surface area contributed by atoms with Crippen molar-refractivity contribution in [3.63, 3.8) is 0 Å². The van der Waals surface area contributed by atoms with E-state index in [0.717, 1.165) is 48.5 Å². The Labute approximate surface area is 300 Å². The third-order valence-corrected chi connectivity index (χ3v) is 6.89. The Morgan fingerprint density at radius 3 is 1.24 bits per heavy atom. The molecule has 2 aliphatic heterocycles. The van der Waals surface area contributed by atoms with E-state index in [2.05, 4.69) is 0 Å². The van der Waals surface area contributed by atoms with Crippen LogP contribution in [0, 0.1) is 5.41 Å². The summed E-state index contributed by atoms with van der Waals surface area (Å²) in [6.45, 7) is 5.79. The van der Waals surface area contributed by atoms with Crippen LogP contribution >= 0.6 is 34.8 Å². The molecule has 0 amide bonds. The average Bonchev–Trinajstić information content (AvgIpc) is 2.95. The summed E-state index contributed by atoms with van der Waals surface area (Å²) in [5, 5.41) is 8.03. The molecular weight excluding hydrogens is 745 g/mol. The van der Waals surface area contributed by atoms with Gasteiger partial charge in [-0.3, -0.25) is 39.0 Å². The van der Waals surface area contributed by atoms with Gasteiger partial charge in [-0.05, 0) is 0 Å². The van der Waals surface area contributed by atoms with Gasteiger partial charge >= 0.3 is 41.8 Å². The van der Waals surface area contributed by atoms with Gasteiger partial charge in [-0.1, -0.05) is 34.8 Å². The lowest BCUT2D eigenvalue weighted by Crippen LogP contribution is -2.67. The number of carbonyl (C=O) groups excluding carboxylic acids is 7. The Morgan fingerprint density at radius 1 is 0.500 bits per heavy atom. The van der Waals surface area contributed by atoms with E-state index < -0.39 is 126 Å². The monoisotopic (exact) mass is 779 g/mol. The Kier molecular flexibility index (Phi) is 15.9. The molecule has 0 unspecified atom stereocenters.